The molecule has 0 radical (unpaired) electrons. The number of hydrogen-bond acceptors (Lipinski definition) is 2. The largest absolute Gasteiger partial charge is 0.328 e. The summed E-state index contributed by atoms with van der Waals surface area (Å²) < 4.78 is 11.7. The molecule has 0 unspecified atom stereocenters. The molecule has 0 amide bonds. The van der Waals surface area contributed by atoms with E-state index in [2.05, 4.69) is 40.2 Å². The third-order valence-corrected chi connectivity index (χ3v) is 4.51. The average molecular weight is 319 g/mol. The van der Waals surface area contributed by atoms with E-state index >= 15 is 0 Å². The van der Waals surface area contributed by atoms with Crippen LogP contribution in [-0.2, 0) is 14.4 Å². The van der Waals surface area contributed by atoms with Gasteiger partial charge < -0.3 is 9.05 Å². The lowest BCUT2D eigenvalue weighted by atomic mass is 10.2. The van der Waals surface area contributed by atoms with Crippen molar-refractivity contribution in [3.05, 3.63) is 29.8 Å². The molecule has 96 valence electrons. The van der Waals surface area contributed by atoms with Crippen LogP contribution in [0.25, 0.3) is 0 Å². The van der Waals surface area contributed by atoms with Crippen LogP contribution in [0.15, 0.2) is 24.3 Å². The second-order valence-corrected chi connectivity index (χ2v) is 6.38. The zero-order valence-electron chi connectivity index (χ0n) is 10.8. The molecular formula is C13H20BrO2P. The van der Waals surface area contributed by atoms with Crippen molar-refractivity contribution in [3.63, 3.8) is 0 Å². The Morgan fingerprint density at radius 2 is 1.47 bits per heavy atom. The number of alkyl halides is 1. The topological polar surface area (TPSA) is 18.5 Å². The van der Waals surface area contributed by atoms with Gasteiger partial charge in [-0.15, -0.1) is 0 Å². The summed E-state index contributed by atoms with van der Waals surface area (Å²) in [6.07, 6.45) is 0.353. The van der Waals surface area contributed by atoms with Gasteiger partial charge in [0.05, 0.1) is 12.2 Å². The van der Waals surface area contributed by atoms with E-state index in [1.807, 2.05) is 27.7 Å². The molecule has 1 rings (SSSR count). The number of halogens is 1. The molecule has 0 saturated carbocycles. The predicted molar refractivity (Wildman–Crippen MR) is 78.1 cm³/mol. The van der Waals surface area contributed by atoms with Crippen molar-refractivity contribution in [2.24, 2.45) is 0 Å². The number of benzene rings is 1. The summed E-state index contributed by atoms with van der Waals surface area (Å²) in [5.41, 5.74) is 1.26. The van der Waals surface area contributed by atoms with Crippen molar-refractivity contribution in [1.29, 1.82) is 0 Å². The Morgan fingerprint density at radius 1 is 1.00 bits per heavy atom. The van der Waals surface area contributed by atoms with E-state index in [9.17, 15) is 0 Å². The van der Waals surface area contributed by atoms with Crippen molar-refractivity contribution in [1.82, 2.24) is 0 Å². The molecule has 1 aromatic carbocycles. The highest BCUT2D eigenvalue weighted by molar-refractivity contribution is 9.08. The molecule has 17 heavy (non-hydrogen) atoms. The second-order valence-electron chi connectivity index (χ2n) is 4.37. The molecule has 0 aliphatic heterocycles. The fraction of sp³-hybridized carbons (Fsp3) is 0.538. The van der Waals surface area contributed by atoms with Gasteiger partial charge in [-0.2, -0.15) is 0 Å². The lowest BCUT2D eigenvalue weighted by Gasteiger charge is -2.22. The van der Waals surface area contributed by atoms with Crippen molar-refractivity contribution in [3.8, 4) is 0 Å². The maximum absolute atomic E-state index is 5.85. The van der Waals surface area contributed by atoms with Crippen molar-refractivity contribution >= 4 is 29.6 Å². The molecule has 0 aliphatic rings. The Morgan fingerprint density at radius 3 is 1.82 bits per heavy atom. The minimum absolute atomic E-state index is 0.177. The highest BCUT2D eigenvalue weighted by atomic mass is 79.9. The molecule has 2 nitrogen and oxygen atoms in total. The van der Waals surface area contributed by atoms with E-state index in [1.54, 1.807) is 0 Å². The summed E-state index contributed by atoms with van der Waals surface area (Å²) in [6.45, 7) is 8.13. The van der Waals surface area contributed by atoms with Crippen LogP contribution in [0, 0.1) is 0 Å². The van der Waals surface area contributed by atoms with Crippen molar-refractivity contribution in [2.75, 3.05) is 0 Å². The summed E-state index contributed by atoms with van der Waals surface area (Å²) in [6, 6.07) is 8.39. The Hall–Kier alpha value is 0.0500. The smallest absolute Gasteiger partial charge is 0.205 e. The summed E-state index contributed by atoms with van der Waals surface area (Å²) in [4.78, 5) is 0. The van der Waals surface area contributed by atoms with Crippen LogP contribution < -0.4 is 5.30 Å². The maximum atomic E-state index is 5.85. The molecule has 0 fully saturated rings. The molecule has 0 N–H and O–H groups in total. The van der Waals surface area contributed by atoms with Gasteiger partial charge in [-0.3, -0.25) is 0 Å². The highest BCUT2D eigenvalue weighted by Gasteiger charge is 2.17. The molecule has 0 spiro atoms. The van der Waals surface area contributed by atoms with Gasteiger partial charge >= 0.3 is 0 Å². The molecular weight excluding hydrogens is 299 g/mol. The monoisotopic (exact) mass is 318 g/mol. The van der Waals surface area contributed by atoms with Crippen molar-refractivity contribution < 1.29 is 9.05 Å². The summed E-state index contributed by atoms with van der Waals surface area (Å²) in [5.74, 6) is 0. The first-order chi connectivity index (χ1) is 8.02. The first-order valence-corrected chi connectivity index (χ1v) is 8.11. The lowest BCUT2D eigenvalue weighted by Crippen LogP contribution is -2.13. The molecule has 0 aromatic heterocycles. The predicted octanol–water partition coefficient (Wildman–Crippen LogP) is 4.37. The van der Waals surface area contributed by atoms with Gasteiger partial charge in [0, 0.05) is 10.6 Å². The van der Waals surface area contributed by atoms with E-state index in [0.717, 1.165) is 10.6 Å². The first-order valence-electron chi connectivity index (χ1n) is 5.81. The van der Waals surface area contributed by atoms with Crippen LogP contribution in [-0.4, -0.2) is 12.2 Å². The van der Waals surface area contributed by atoms with E-state index in [4.69, 9.17) is 9.05 Å². The molecule has 0 saturated heterocycles. The van der Waals surface area contributed by atoms with Crippen LogP contribution in [0.4, 0.5) is 0 Å². The summed E-state index contributed by atoms with van der Waals surface area (Å²) in [7, 11) is -0.967. The minimum Gasteiger partial charge on any atom is -0.328 e. The third kappa shape index (κ3) is 5.48. The van der Waals surface area contributed by atoms with Crippen LogP contribution in [0.1, 0.15) is 33.3 Å². The SMILES string of the molecule is CC(C)OP(OC(C)C)c1ccc(CBr)cc1. The first kappa shape index (κ1) is 15.1. The fourth-order valence-corrected chi connectivity index (χ4v) is 3.06. The minimum atomic E-state index is -0.967. The van der Waals surface area contributed by atoms with E-state index in [-0.39, 0.29) is 12.2 Å². The van der Waals surface area contributed by atoms with Gasteiger partial charge in [0.15, 0.2) is 0 Å². The Bertz CT molecular complexity index is 315. The van der Waals surface area contributed by atoms with Crippen LogP contribution in [0.3, 0.4) is 0 Å². The number of hydrogen-bond donors (Lipinski definition) is 0. The normalized spacial score (nSPS) is 11.8. The van der Waals surface area contributed by atoms with Gasteiger partial charge in [0.25, 0.3) is 0 Å². The Balaban J connectivity index is 2.79. The lowest BCUT2D eigenvalue weighted by molar-refractivity contribution is 0.183. The standard InChI is InChI=1S/C13H20BrO2P/c1-10(2)15-17(16-11(3)4)13-7-5-12(9-14)6-8-13/h5-8,10-11H,9H2,1-4H3. The van der Waals surface area contributed by atoms with E-state index < -0.39 is 8.38 Å². The molecule has 0 heterocycles. The Labute approximate surface area is 114 Å². The number of rotatable bonds is 6. The van der Waals surface area contributed by atoms with Gasteiger partial charge in [0.2, 0.25) is 8.38 Å². The van der Waals surface area contributed by atoms with Gasteiger partial charge in [-0.25, -0.2) is 0 Å². The van der Waals surface area contributed by atoms with Gasteiger partial charge in [-0.05, 0) is 45.4 Å². The van der Waals surface area contributed by atoms with Crippen LogP contribution in [0.2, 0.25) is 0 Å². The summed E-state index contributed by atoms with van der Waals surface area (Å²) >= 11 is 3.44. The average Bonchev–Trinajstić information content (AvgIpc) is 2.27. The zero-order valence-corrected chi connectivity index (χ0v) is 13.3. The quantitative estimate of drug-likeness (QED) is 0.573. The molecule has 0 bridgehead atoms. The van der Waals surface area contributed by atoms with E-state index in [0.29, 0.717) is 0 Å². The van der Waals surface area contributed by atoms with Crippen LogP contribution in [0.5, 0.6) is 0 Å². The third-order valence-electron chi connectivity index (χ3n) is 1.91. The maximum Gasteiger partial charge on any atom is 0.205 e. The molecule has 1 aromatic rings. The zero-order chi connectivity index (χ0) is 12.8. The van der Waals surface area contributed by atoms with Gasteiger partial charge in [0.1, 0.15) is 0 Å². The van der Waals surface area contributed by atoms with Crippen LogP contribution >= 0.6 is 24.3 Å². The fourth-order valence-electron chi connectivity index (χ4n) is 1.24. The van der Waals surface area contributed by atoms with Gasteiger partial charge in [-0.1, -0.05) is 28.1 Å². The molecule has 4 heteroatoms. The summed E-state index contributed by atoms with van der Waals surface area (Å²) in [5, 5.41) is 2.01. The Kier molecular flexibility index (Phi) is 6.65. The second kappa shape index (κ2) is 7.48. The highest BCUT2D eigenvalue weighted by Crippen LogP contribution is 2.40. The molecule has 0 aliphatic carbocycles. The van der Waals surface area contributed by atoms with E-state index in [1.165, 1.54) is 5.56 Å². The molecule has 0 atom stereocenters. The van der Waals surface area contributed by atoms with Crippen molar-refractivity contribution in [2.45, 2.75) is 45.2 Å².